The molecule has 11 rings (SSSR count). The summed E-state index contributed by atoms with van der Waals surface area (Å²) in [7, 11) is 0. The Balaban J connectivity index is 1.34. The lowest BCUT2D eigenvalue weighted by Crippen LogP contribution is -2.01. The SMILES string of the molecule is N#Cc1cc2c(cc1C#N)-c1cc3c(cc1-c1ccccc1-c1cc4c5ccccc5n(-c5ccccc5)c4cc1-2)c1ccccc1n3-c1ccccc1. The first-order valence-electron chi connectivity index (χ1n) is 18.1. The molecular weight excluding hydrogens is 657 g/mol. The van der Waals surface area contributed by atoms with E-state index < -0.39 is 0 Å². The molecule has 2 heterocycles. The van der Waals surface area contributed by atoms with Crippen molar-refractivity contribution in [2.45, 2.75) is 0 Å². The molecule has 248 valence electrons. The molecule has 0 aliphatic heterocycles. The van der Waals surface area contributed by atoms with Crippen LogP contribution >= 0.6 is 0 Å². The monoisotopic (exact) mass is 684 g/mol. The Bertz CT molecular complexity index is 3060. The standard InChI is InChI=1S/C50H28N4/c51-29-31-23-39-40(24-32(31)30-52)44-28-50-46(38-20-10-12-22-48(38)54(50)34-15-5-2-6-16-34)26-42(44)36-18-8-7-17-35(36)41-25-45-37-19-9-11-21-47(37)53(49(45)27-43(39)41)33-13-3-1-4-14-33/h1-28H. The van der Waals surface area contributed by atoms with Crippen LogP contribution in [0.2, 0.25) is 0 Å². The summed E-state index contributed by atoms with van der Waals surface area (Å²) in [5, 5.41) is 25.5. The normalized spacial score (nSPS) is 11.7. The van der Waals surface area contributed by atoms with Crippen LogP contribution in [0.25, 0.3) is 99.5 Å². The fourth-order valence-electron chi connectivity index (χ4n) is 8.82. The molecule has 4 nitrogen and oxygen atoms in total. The van der Waals surface area contributed by atoms with E-state index in [9.17, 15) is 10.5 Å². The summed E-state index contributed by atoms with van der Waals surface area (Å²) in [6.07, 6.45) is 0. The molecular formula is C50H28N4. The third kappa shape index (κ3) is 4.17. The van der Waals surface area contributed by atoms with Gasteiger partial charge in [0.15, 0.2) is 0 Å². The summed E-state index contributed by atoms with van der Waals surface area (Å²) in [6, 6.07) is 64.6. The average Bonchev–Trinajstić information content (AvgIpc) is 3.74. The third-order valence-corrected chi connectivity index (χ3v) is 11.1. The summed E-state index contributed by atoms with van der Waals surface area (Å²) in [6.45, 7) is 0. The zero-order valence-electron chi connectivity index (χ0n) is 29.0. The molecule has 0 atom stereocenters. The van der Waals surface area contributed by atoms with Gasteiger partial charge in [-0.25, -0.2) is 0 Å². The fourth-order valence-corrected chi connectivity index (χ4v) is 8.82. The second-order valence-electron chi connectivity index (χ2n) is 13.9. The Morgan fingerprint density at radius 1 is 0.296 bits per heavy atom. The molecule has 1 aliphatic rings. The lowest BCUT2D eigenvalue weighted by Gasteiger charge is -2.24. The second-order valence-corrected chi connectivity index (χ2v) is 13.9. The molecule has 1 aliphatic carbocycles. The third-order valence-electron chi connectivity index (χ3n) is 11.1. The predicted molar refractivity (Wildman–Crippen MR) is 220 cm³/mol. The van der Waals surface area contributed by atoms with Crippen LogP contribution in [0.1, 0.15) is 11.1 Å². The van der Waals surface area contributed by atoms with Gasteiger partial charge in [0, 0.05) is 32.9 Å². The zero-order chi connectivity index (χ0) is 35.9. The Kier molecular flexibility index (Phi) is 6.35. The molecule has 0 spiro atoms. The zero-order valence-corrected chi connectivity index (χ0v) is 29.0. The average molecular weight is 685 g/mol. The fraction of sp³-hybridized carbons (Fsp3) is 0. The second kappa shape index (κ2) is 11.4. The lowest BCUT2D eigenvalue weighted by molar-refractivity contribution is 1.18. The van der Waals surface area contributed by atoms with Crippen LogP contribution < -0.4 is 0 Å². The lowest BCUT2D eigenvalue weighted by atomic mass is 9.79. The molecule has 0 saturated heterocycles. The molecule has 2 aromatic heterocycles. The minimum absolute atomic E-state index is 0.362. The van der Waals surface area contributed by atoms with Gasteiger partial charge >= 0.3 is 0 Å². The Labute approximate surface area is 311 Å². The highest BCUT2D eigenvalue weighted by atomic mass is 15.0. The molecule has 0 radical (unpaired) electrons. The summed E-state index contributed by atoms with van der Waals surface area (Å²) in [5.41, 5.74) is 15.6. The quantitative estimate of drug-likeness (QED) is 0.182. The van der Waals surface area contributed by atoms with Crippen LogP contribution in [0.5, 0.6) is 0 Å². The van der Waals surface area contributed by atoms with Crippen molar-refractivity contribution in [1.82, 2.24) is 9.13 Å². The number of nitriles is 2. The first-order chi connectivity index (χ1) is 26.7. The van der Waals surface area contributed by atoms with E-state index in [-0.39, 0.29) is 0 Å². The van der Waals surface area contributed by atoms with E-state index in [0.717, 1.165) is 88.7 Å². The molecule has 4 heteroatoms. The van der Waals surface area contributed by atoms with Crippen molar-refractivity contribution in [2.24, 2.45) is 0 Å². The molecule has 10 aromatic rings. The minimum atomic E-state index is 0.362. The Morgan fingerprint density at radius 3 is 1.07 bits per heavy atom. The number of hydrogen-bond acceptors (Lipinski definition) is 2. The summed E-state index contributed by atoms with van der Waals surface area (Å²) >= 11 is 0. The number of aromatic nitrogens is 2. The summed E-state index contributed by atoms with van der Waals surface area (Å²) < 4.78 is 4.67. The number of benzene rings is 8. The highest BCUT2D eigenvalue weighted by molar-refractivity contribution is 6.17. The molecule has 0 fully saturated rings. The molecule has 0 amide bonds. The number of rotatable bonds is 2. The van der Waals surface area contributed by atoms with E-state index in [1.807, 2.05) is 24.3 Å². The summed E-state index contributed by atoms with van der Waals surface area (Å²) in [4.78, 5) is 0. The van der Waals surface area contributed by atoms with Crippen molar-refractivity contribution in [2.75, 3.05) is 0 Å². The Hall–Kier alpha value is -7.66. The van der Waals surface area contributed by atoms with Gasteiger partial charge in [0.1, 0.15) is 12.1 Å². The van der Waals surface area contributed by atoms with Crippen molar-refractivity contribution in [3.63, 3.8) is 0 Å². The van der Waals surface area contributed by atoms with E-state index in [0.29, 0.717) is 11.1 Å². The van der Waals surface area contributed by atoms with Gasteiger partial charge in [0.25, 0.3) is 0 Å². The topological polar surface area (TPSA) is 57.4 Å². The molecule has 54 heavy (non-hydrogen) atoms. The van der Waals surface area contributed by atoms with Crippen LogP contribution in [-0.2, 0) is 0 Å². The highest BCUT2D eigenvalue weighted by Gasteiger charge is 2.27. The summed E-state index contributed by atoms with van der Waals surface area (Å²) in [5.74, 6) is 0. The molecule has 0 N–H and O–H groups in total. The Morgan fingerprint density at radius 2 is 0.648 bits per heavy atom. The highest BCUT2D eigenvalue weighted by Crippen LogP contribution is 2.52. The maximum Gasteiger partial charge on any atom is 0.101 e. The van der Waals surface area contributed by atoms with E-state index >= 15 is 0 Å². The molecule has 8 aromatic carbocycles. The first-order valence-corrected chi connectivity index (χ1v) is 18.1. The van der Waals surface area contributed by atoms with Gasteiger partial charge < -0.3 is 9.13 Å². The largest absolute Gasteiger partial charge is 0.309 e. The van der Waals surface area contributed by atoms with Crippen molar-refractivity contribution in [3.8, 4) is 68.0 Å². The minimum Gasteiger partial charge on any atom is -0.309 e. The van der Waals surface area contributed by atoms with Gasteiger partial charge in [0.2, 0.25) is 0 Å². The number of fused-ring (bicyclic) bond motifs is 14. The maximum atomic E-state index is 10.4. The number of nitrogens with zero attached hydrogens (tertiary/aromatic N) is 4. The molecule has 0 unspecified atom stereocenters. The van der Waals surface area contributed by atoms with E-state index in [2.05, 4.69) is 167 Å². The van der Waals surface area contributed by atoms with Gasteiger partial charge in [-0.05, 0) is 117 Å². The van der Waals surface area contributed by atoms with E-state index in [1.54, 1.807) is 0 Å². The van der Waals surface area contributed by atoms with Gasteiger partial charge in [-0.3, -0.25) is 0 Å². The van der Waals surface area contributed by atoms with Crippen molar-refractivity contribution >= 4 is 43.6 Å². The number of hydrogen-bond donors (Lipinski definition) is 0. The molecule has 0 bridgehead atoms. The van der Waals surface area contributed by atoms with Crippen LogP contribution in [0.3, 0.4) is 0 Å². The van der Waals surface area contributed by atoms with E-state index in [4.69, 9.17) is 0 Å². The van der Waals surface area contributed by atoms with Crippen molar-refractivity contribution in [1.29, 1.82) is 10.5 Å². The van der Waals surface area contributed by atoms with Gasteiger partial charge in [-0.2, -0.15) is 10.5 Å². The van der Waals surface area contributed by atoms with Crippen LogP contribution in [0, 0.1) is 22.7 Å². The first kappa shape index (κ1) is 30.0. The predicted octanol–water partition coefficient (Wildman–Crippen LogP) is 12.6. The molecule has 0 saturated carbocycles. The number of para-hydroxylation sites is 4. The maximum absolute atomic E-state index is 10.4. The van der Waals surface area contributed by atoms with Crippen molar-refractivity contribution < 1.29 is 0 Å². The smallest absolute Gasteiger partial charge is 0.101 e. The van der Waals surface area contributed by atoms with Crippen molar-refractivity contribution in [3.05, 3.63) is 181 Å². The van der Waals surface area contributed by atoms with Gasteiger partial charge in [-0.15, -0.1) is 0 Å². The van der Waals surface area contributed by atoms with Crippen LogP contribution in [-0.4, -0.2) is 9.13 Å². The van der Waals surface area contributed by atoms with Gasteiger partial charge in [-0.1, -0.05) is 97.1 Å². The van der Waals surface area contributed by atoms with Gasteiger partial charge in [0.05, 0.1) is 33.2 Å². The van der Waals surface area contributed by atoms with E-state index in [1.165, 1.54) is 10.8 Å². The van der Waals surface area contributed by atoms with Crippen LogP contribution in [0.15, 0.2) is 170 Å². The van der Waals surface area contributed by atoms with Crippen LogP contribution in [0.4, 0.5) is 0 Å².